The third-order valence-corrected chi connectivity index (χ3v) is 5.94. The Bertz CT molecular complexity index is 1090. The Labute approximate surface area is 184 Å². The van der Waals surface area contributed by atoms with E-state index in [0.717, 1.165) is 17.7 Å². The van der Waals surface area contributed by atoms with Crippen LogP contribution in [-0.4, -0.2) is 53.2 Å². The molecular weight excluding hydrogens is 421 g/mol. The van der Waals surface area contributed by atoms with Crippen molar-refractivity contribution in [1.29, 1.82) is 0 Å². The largest absolute Gasteiger partial charge is 0.483 e. The molecule has 2 aromatic carbocycles. The molecule has 2 aliphatic rings. The molecule has 0 spiro atoms. The summed E-state index contributed by atoms with van der Waals surface area (Å²) in [6, 6.07) is 10.6. The molecule has 32 heavy (non-hydrogen) atoms. The van der Waals surface area contributed by atoms with E-state index in [-0.39, 0.29) is 24.6 Å². The highest BCUT2D eigenvalue weighted by molar-refractivity contribution is 6.04. The summed E-state index contributed by atoms with van der Waals surface area (Å²) in [5.41, 5.74) is 1.06. The Morgan fingerprint density at radius 1 is 1.16 bits per heavy atom. The number of rotatable bonds is 5. The van der Waals surface area contributed by atoms with Crippen LogP contribution in [0.2, 0.25) is 0 Å². The summed E-state index contributed by atoms with van der Waals surface area (Å²) in [6.07, 6.45) is -4.53. The Hall–Kier alpha value is -2.84. The van der Waals surface area contributed by atoms with E-state index in [1.165, 1.54) is 6.07 Å². The normalized spacial score (nSPS) is 17.5. The van der Waals surface area contributed by atoms with Crippen molar-refractivity contribution in [2.45, 2.75) is 32.2 Å². The van der Waals surface area contributed by atoms with E-state index >= 15 is 0 Å². The fourth-order valence-corrected chi connectivity index (χ4v) is 4.29. The first-order valence-corrected chi connectivity index (χ1v) is 10.4. The van der Waals surface area contributed by atoms with Crippen LogP contribution in [0.5, 0.6) is 5.75 Å². The number of hydrogen-bond acceptors (Lipinski definition) is 4. The van der Waals surface area contributed by atoms with Gasteiger partial charge in [-0.1, -0.05) is 18.2 Å². The predicted octanol–water partition coefficient (Wildman–Crippen LogP) is 4.17. The number of carbonyl (C=O) groups is 1. The first-order chi connectivity index (χ1) is 15.0. The minimum absolute atomic E-state index is 0.0662. The maximum atomic E-state index is 13.5. The highest BCUT2D eigenvalue weighted by Crippen LogP contribution is 2.46. The first kappa shape index (κ1) is 22.4. The molecule has 0 radical (unpaired) electrons. The Morgan fingerprint density at radius 3 is 2.53 bits per heavy atom. The molecule has 1 amide bonds. The number of hydrogen-bond donors (Lipinski definition) is 1. The van der Waals surface area contributed by atoms with Gasteiger partial charge in [0.05, 0.1) is 24.4 Å². The molecule has 4 rings (SSSR count). The van der Waals surface area contributed by atoms with Gasteiger partial charge in [0.25, 0.3) is 5.91 Å². The van der Waals surface area contributed by atoms with E-state index in [2.05, 4.69) is 0 Å². The second-order valence-corrected chi connectivity index (χ2v) is 8.66. The van der Waals surface area contributed by atoms with Crippen molar-refractivity contribution in [2.24, 2.45) is 0 Å². The van der Waals surface area contributed by atoms with E-state index < -0.39 is 17.3 Å². The summed E-state index contributed by atoms with van der Waals surface area (Å²) in [5, 5.41) is 9.34. The fourth-order valence-electron chi connectivity index (χ4n) is 4.29. The molecular formula is C24H25F3N2O3. The predicted molar refractivity (Wildman–Crippen MR) is 114 cm³/mol. The lowest BCUT2D eigenvalue weighted by molar-refractivity contribution is -0.137. The number of fused-ring (bicyclic) bond motifs is 2. The fraction of sp³-hybridized carbons (Fsp3) is 0.375. The van der Waals surface area contributed by atoms with Crippen molar-refractivity contribution in [3.05, 3.63) is 70.3 Å². The zero-order chi connectivity index (χ0) is 23.3. The van der Waals surface area contributed by atoms with Crippen LogP contribution < -0.4 is 4.74 Å². The maximum absolute atomic E-state index is 13.5. The third kappa shape index (κ3) is 3.89. The maximum Gasteiger partial charge on any atom is 0.416 e. The lowest BCUT2D eigenvalue weighted by Gasteiger charge is -2.41. The molecule has 2 aliphatic heterocycles. The average Bonchev–Trinajstić information content (AvgIpc) is 3.04. The van der Waals surface area contributed by atoms with Crippen LogP contribution in [0.1, 0.15) is 40.9 Å². The van der Waals surface area contributed by atoms with Gasteiger partial charge in [0.15, 0.2) is 0 Å². The molecule has 0 unspecified atom stereocenters. The number of aliphatic hydroxyl groups excluding tert-OH is 1. The summed E-state index contributed by atoms with van der Waals surface area (Å²) in [7, 11) is 1.80. The first-order valence-electron chi connectivity index (χ1n) is 10.4. The SMILES string of the molecule is CN(CCO)CC1=C(N2Cc3ccccc3C2=O)c2cc(C(F)(F)F)ccc2OC1(C)C. The van der Waals surface area contributed by atoms with Crippen molar-refractivity contribution in [3.63, 3.8) is 0 Å². The summed E-state index contributed by atoms with van der Waals surface area (Å²) in [4.78, 5) is 16.7. The molecule has 2 aromatic rings. The Balaban J connectivity index is 1.93. The number of amides is 1. The van der Waals surface area contributed by atoms with Crippen LogP contribution in [0.15, 0.2) is 48.0 Å². The average molecular weight is 446 g/mol. The quantitative estimate of drug-likeness (QED) is 0.749. The minimum Gasteiger partial charge on any atom is -0.483 e. The molecule has 5 nitrogen and oxygen atoms in total. The van der Waals surface area contributed by atoms with Crippen molar-refractivity contribution in [2.75, 3.05) is 26.7 Å². The van der Waals surface area contributed by atoms with Gasteiger partial charge < -0.3 is 14.7 Å². The van der Waals surface area contributed by atoms with Crippen molar-refractivity contribution in [1.82, 2.24) is 9.80 Å². The van der Waals surface area contributed by atoms with Gasteiger partial charge >= 0.3 is 6.18 Å². The number of nitrogens with zero attached hydrogens (tertiary/aromatic N) is 2. The number of carbonyl (C=O) groups excluding carboxylic acids is 1. The second-order valence-electron chi connectivity index (χ2n) is 8.66. The molecule has 0 atom stereocenters. The van der Waals surface area contributed by atoms with Crippen LogP contribution in [0.3, 0.4) is 0 Å². The zero-order valence-electron chi connectivity index (χ0n) is 18.2. The molecule has 1 N–H and O–H groups in total. The number of halogens is 3. The van der Waals surface area contributed by atoms with Gasteiger partial charge in [-0.05, 0) is 50.7 Å². The lowest BCUT2D eigenvalue weighted by atomic mass is 9.87. The molecule has 0 saturated carbocycles. The van der Waals surface area contributed by atoms with Gasteiger partial charge in [0, 0.05) is 29.8 Å². The molecule has 170 valence electrons. The summed E-state index contributed by atoms with van der Waals surface area (Å²) in [6.45, 7) is 4.56. The number of aliphatic hydroxyl groups is 1. The molecule has 2 heterocycles. The number of likely N-dealkylation sites (N-methyl/N-ethyl adjacent to an activating group) is 1. The third-order valence-electron chi connectivity index (χ3n) is 5.94. The van der Waals surface area contributed by atoms with E-state index in [9.17, 15) is 23.1 Å². The van der Waals surface area contributed by atoms with Crippen molar-refractivity contribution < 1.29 is 27.8 Å². The monoisotopic (exact) mass is 446 g/mol. The Kier molecular flexibility index (Phi) is 5.55. The highest BCUT2D eigenvalue weighted by atomic mass is 19.4. The van der Waals surface area contributed by atoms with E-state index in [1.54, 1.807) is 24.1 Å². The van der Waals surface area contributed by atoms with Crippen LogP contribution in [0, 0.1) is 0 Å². The standard InChI is InChI=1S/C24H25F3N2O3/c1-23(2)19(14-28(3)10-11-30)21(29-13-15-6-4-5-7-17(15)22(29)31)18-12-16(24(25,26)27)8-9-20(18)32-23/h4-9,12,30H,10-11,13-14H2,1-3H3. The lowest BCUT2D eigenvalue weighted by Crippen LogP contribution is -2.43. The molecule has 0 aliphatic carbocycles. The smallest absolute Gasteiger partial charge is 0.416 e. The molecule has 0 saturated heterocycles. The summed E-state index contributed by atoms with van der Waals surface area (Å²) < 4.78 is 46.7. The van der Waals surface area contributed by atoms with E-state index in [0.29, 0.717) is 35.7 Å². The number of ether oxygens (including phenoxy) is 1. The molecule has 0 fully saturated rings. The van der Waals surface area contributed by atoms with Crippen molar-refractivity contribution >= 4 is 11.6 Å². The van der Waals surface area contributed by atoms with Gasteiger partial charge in [-0.3, -0.25) is 9.69 Å². The molecule has 0 bridgehead atoms. The van der Waals surface area contributed by atoms with Gasteiger partial charge in [-0.25, -0.2) is 0 Å². The zero-order valence-corrected chi connectivity index (χ0v) is 18.2. The van der Waals surface area contributed by atoms with E-state index in [4.69, 9.17) is 4.74 Å². The van der Waals surface area contributed by atoms with Crippen LogP contribution >= 0.6 is 0 Å². The summed E-state index contributed by atoms with van der Waals surface area (Å²) >= 11 is 0. The molecule has 8 heteroatoms. The summed E-state index contributed by atoms with van der Waals surface area (Å²) in [5.74, 6) is 0.0503. The van der Waals surface area contributed by atoms with Crippen LogP contribution in [0.4, 0.5) is 13.2 Å². The second kappa shape index (κ2) is 7.94. The number of alkyl halides is 3. The van der Waals surface area contributed by atoms with Gasteiger partial charge in [-0.15, -0.1) is 0 Å². The topological polar surface area (TPSA) is 53.0 Å². The van der Waals surface area contributed by atoms with Crippen LogP contribution in [0.25, 0.3) is 5.70 Å². The number of benzene rings is 2. The molecule has 0 aromatic heterocycles. The van der Waals surface area contributed by atoms with Crippen LogP contribution in [-0.2, 0) is 12.7 Å². The van der Waals surface area contributed by atoms with Gasteiger partial charge in [0.2, 0.25) is 0 Å². The minimum atomic E-state index is -4.53. The van der Waals surface area contributed by atoms with E-state index in [1.807, 2.05) is 30.9 Å². The van der Waals surface area contributed by atoms with Crippen molar-refractivity contribution in [3.8, 4) is 5.75 Å². The van der Waals surface area contributed by atoms with Gasteiger partial charge in [-0.2, -0.15) is 13.2 Å². The highest BCUT2D eigenvalue weighted by Gasteiger charge is 2.42. The Morgan fingerprint density at radius 2 is 1.88 bits per heavy atom. The van der Waals surface area contributed by atoms with Gasteiger partial charge in [0.1, 0.15) is 11.4 Å².